The quantitative estimate of drug-likeness (QED) is 0.858. The Bertz CT molecular complexity index is 515. The number of halogens is 2. The Labute approximate surface area is 119 Å². The second-order valence-electron chi connectivity index (χ2n) is 4.34. The summed E-state index contributed by atoms with van der Waals surface area (Å²) in [6.45, 7) is 2.94. The zero-order valence-electron chi connectivity index (χ0n) is 10.7. The average molecular weight is 327 g/mol. The molecule has 4 nitrogen and oxygen atoms in total. The van der Waals surface area contributed by atoms with Crippen molar-refractivity contribution < 1.29 is 4.39 Å². The molecule has 0 fully saturated rings. The Morgan fingerprint density at radius 1 is 1.47 bits per heavy atom. The zero-order chi connectivity index (χ0) is 13.7. The topological polar surface area (TPSA) is 53.6 Å². The van der Waals surface area contributed by atoms with Gasteiger partial charge in [0.05, 0.1) is 17.9 Å². The van der Waals surface area contributed by atoms with Crippen molar-refractivity contribution in [3.05, 3.63) is 45.9 Å². The summed E-state index contributed by atoms with van der Waals surface area (Å²) in [6.07, 6.45) is 3.22. The molecule has 6 heteroatoms. The number of aromatic nitrogens is 3. The summed E-state index contributed by atoms with van der Waals surface area (Å²) in [4.78, 5) is 0. The summed E-state index contributed by atoms with van der Waals surface area (Å²) in [5, 5.41) is 13.9. The van der Waals surface area contributed by atoms with Gasteiger partial charge in [-0.3, -0.25) is 0 Å². The molecule has 0 amide bonds. The predicted octanol–water partition coefficient (Wildman–Crippen LogP) is 2.99. The Hall–Kier alpha value is -1.27. The van der Waals surface area contributed by atoms with Crippen LogP contribution in [0.2, 0.25) is 0 Å². The van der Waals surface area contributed by atoms with Gasteiger partial charge in [0.1, 0.15) is 5.82 Å². The fourth-order valence-electron chi connectivity index (χ4n) is 1.90. The van der Waals surface area contributed by atoms with Gasteiger partial charge in [-0.2, -0.15) is 15.4 Å². The molecule has 2 aromatic rings. The van der Waals surface area contributed by atoms with Crippen LogP contribution in [0.15, 0.2) is 28.9 Å². The molecule has 102 valence electrons. The first-order valence-corrected chi connectivity index (χ1v) is 7.03. The van der Waals surface area contributed by atoms with Crippen LogP contribution in [0.5, 0.6) is 0 Å². The predicted molar refractivity (Wildman–Crippen MR) is 75.2 cm³/mol. The fourth-order valence-corrected chi connectivity index (χ4v) is 2.31. The van der Waals surface area contributed by atoms with E-state index in [-0.39, 0.29) is 11.9 Å². The van der Waals surface area contributed by atoms with E-state index < -0.39 is 0 Å². The number of nitrogens with one attached hydrogen (secondary N) is 2. The third-order valence-corrected chi connectivity index (χ3v) is 3.36. The summed E-state index contributed by atoms with van der Waals surface area (Å²) in [5.41, 5.74) is 1.46. The fraction of sp³-hybridized carbons (Fsp3) is 0.385. The first-order valence-electron chi connectivity index (χ1n) is 6.23. The zero-order valence-corrected chi connectivity index (χ0v) is 12.2. The van der Waals surface area contributed by atoms with Crippen molar-refractivity contribution >= 4 is 15.9 Å². The van der Waals surface area contributed by atoms with Crippen LogP contribution < -0.4 is 5.32 Å². The molecular weight excluding hydrogens is 311 g/mol. The second-order valence-corrected chi connectivity index (χ2v) is 5.26. The van der Waals surface area contributed by atoms with Crippen LogP contribution in [0.4, 0.5) is 4.39 Å². The van der Waals surface area contributed by atoms with Gasteiger partial charge in [0.25, 0.3) is 0 Å². The second kappa shape index (κ2) is 6.77. The molecule has 0 aliphatic rings. The minimum absolute atomic E-state index is 0.0394. The number of nitrogens with zero attached hydrogens (tertiary/aromatic N) is 2. The van der Waals surface area contributed by atoms with Gasteiger partial charge >= 0.3 is 0 Å². The number of hydrogen-bond donors (Lipinski definition) is 2. The van der Waals surface area contributed by atoms with Gasteiger partial charge in [-0.15, -0.1) is 0 Å². The van der Waals surface area contributed by atoms with Crippen molar-refractivity contribution in [2.45, 2.75) is 25.8 Å². The number of benzene rings is 1. The first-order chi connectivity index (χ1) is 9.20. The molecule has 19 heavy (non-hydrogen) atoms. The number of aromatic amines is 1. The van der Waals surface area contributed by atoms with Crippen molar-refractivity contribution in [3.63, 3.8) is 0 Å². The standard InChI is InChI=1S/C13H16BrFN4/c1-2-5-16-12(13-8-17-19-18-13)7-9-6-10(14)3-4-11(9)15/h3-4,6,8,12,16H,2,5,7H2,1H3,(H,17,18,19). The van der Waals surface area contributed by atoms with Crippen LogP contribution in [-0.2, 0) is 6.42 Å². The van der Waals surface area contributed by atoms with Crippen molar-refractivity contribution in [2.75, 3.05) is 6.54 Å². The molecule has 0 spiro atoms. The van der Waals surface area contributed by atoms with Crippen molar-refractivity contribution in [1.82, 2.24) is 20.7 Å². The molecule has 1 unspecified atom stereocenters. The Kier molecular flexibility index (Phi) is 5.04. The highest BCUT2D eigenvalue weighted by molar-refractivity contribution is 9.10. The van der Waals surface area contributed by atoms with Gasteiger partial charge in [0.2, 0.25) is 0 Å². The highest BCUT2D eigenvalue weighted by Crippen LogP contribution is 2.21. The molecule has 1 atom stereocenters. The Morgan fingerprint density at radius 3 is 3.00 bits per heavy atom. The maximum Gasteiger partial charge on any atom is 0.126 e. The van der Waals surface area contributed by atoms with E-state index >= 15 is 0 Å². The third-order valence-electron chi connectivity index (χ3n) is 2.86. The molecule has 0 aliphatic heterocycles. The van der Waals surface area contributed by atoms with E-state index in [1.165, 1.54) is 6.07 Å². The lowest BCUT2D eigenvalue weighted by atomic mass is 10.0. The van der Waals surface area contributed by atoms with E-state index in [0.717, 1.165) is 23.1 Å². The van der Waals surface area contributed by atoms with Gasteiger partial charge in [-0.05, 0) is 43.1 Å². The maximum atomic E-state index is 13.8. The summed E-state index contributed by atoms with van der Waals surface area (Å²) in [7, 11) is 0. The van der Waals surface area contributed by atoms with Crippen LogP contribution in [0.1, 0.15) is 30.6 Å². The molecule has 0 saturated heterocycles. The van der Waals surface area contributed by atoms with Gasteiger partial charge < -0.3 is 5.32 Å². The summed E-state index contributed by atoms with van der Waals surface area (Å²) in [5.74, 6) is -0.199. The van der Waals surface area contributed by atoms with Crippen molar-refractivity contribution in [3.8, 4) is 0 Å². The SMILES string of the molecule is CCCNC(Cc1cc(Br)ccc1F)c1cn[nH]n1. The largest absolute Gasteiger partial charge is 0.308 e. The molecule has 1 heterocycles. The monoisotopic (exact) mass is 326 g/mol. The van der Waals surface area contributed by atoms with Gasteiger partial charge in [0, 0.05) is 4.47 Å². The molecule has 0 radical (unpaired) electrons. The van der Waals surface area contributed by atoms with E-state index in [1.54, 1.807) is 18.3 Å². The first kappa shape index (κ1) is 14.1. The van der Waals surface area contributed by atoms with E-state index in [4.69, 9.17) is 0 Å². The molecule has 0 bridgehead atoms. The van der Waals surface area contributed by atoms with Crippen molar-refractivity contribution in [2.24, 2.45) is 0 Å². The molecule has 1 aromatic carbocycles. The summed E-state index contributed by atoms with van der Waals surface area (Å²) < 4.78 is 14.7. The molecule has 1 aromatic heterocycles. The van der Waals surface area contributed by atoms with Gasteiger partial charge in [-0.25, -0.2) is 4.39 Å². The maximum absolute atomic E-state index is 13.8. The number of hydrogen-bond acceptors (Lipinski definition) is 3. The highest BCUT2D eigenvalue weighted by atomic mass is 79.9. The van der Waals surface area contributed by atoms with E-state index in [2.05, 4.69) is 43.6 Å². The van der Waals surface area contributed by atoms with Crippen LogP contribution in [0.3, 0.4) is 0 Å². The lowest BCUT2D eigenvalue weighted by molar-refractivity contribution is 0.502. The highest BCUT2D eigenvalue weighted by Gasteiger charge is 2.16. The normalized spacial score (nSPS) is 12.6. The molecule has 2 rings (SSSR count). The smallest absolute Gasteiger partial charge is 0.126 e. The van der Waals surface area contributed by atoms with E-state index in [0.29, 0.717) is 12.0 Å². The summed E-state index contributed by atoms with van der Waals surface area (Å²) in [6, 6.07) is 4.93. The molecular formula is C13H16BrFN4. The minimum atomic E-state index is -0.199. The van der Waals surface area contributed by atoms with Crippen molar-refractivity contribution in [1.29, 1.82) is 0 Å². The van der Waals surface area contributed by atoms with Crippen LogP contribution in [-0.4, -0.2) is 22.0 Å². The van der Waals surface area contributed by atoms with E-state index in [9.17, 15) is 4.39 Å². The van der Waals surface area contributed by atoms with Gasteiger partial charge in [-0.1, -0.05) is 22.9 Å². The summed E-state index contributed by atoms with van der Waals surface area (Å²) >= 11 is 3.37. The van der Waals surface area contributed by atoms with Crippen LogP contribution in [0.25, 0.3) is 0 Å². The van der Waals surface area contributed by atoms with Gasteiger partial charge in [0.15, 0.2) is 0 Å². The molecule has 0 aliphatic carbocycles. The molecule has 0 saturated carbocycles. The Morgan fingerprint density at radius 2 is 2.32 bits per heavy atom. The molecule has 2 N–H and O–H groups in total. The minimum Gasteiger partial charge on any atom is -0.308 e. The van der Waals surface area contributed by atoms with Crippen LogP contribution >= 0.6 is 15.9 Å². The number of rotatable bonds is 6. The van der Waals surface area contributed by atoms with E-state index in [1.807, 2.05) is 0 Å². The average Bonchev–Trinajstić information content (AvgIpc) is 2.92. The van der Waals surface area contributed by atoms with Crippen LogP contribution in [0, 0.1) is 5.82 Å². The lowest BCUT2D eigenvalue weighted by Gasteiger charge is -2.16. The Balaban J connectivity index is 2.17. The third kappa shape index (κ3) is 3.84. The lowest BCUT2D eigenvalue weighted by Crippen LogP contribution is -2.24. The number of H-pyrrole nitrogens is 1.